The number of hydrogen-bond acceptors (Lipinski definition) is 2. The predicted octanol–water partition coefficient (Wildman–Crippen LogP) is 2.25. The van der Waals surface area contributed by atoms with Gasteiger partial charge in [-0.3, -0.25) is 4.90 Å². The van der Waals surface area contributed by atoms with Crippen molar-refractivity contribution in [3.8, 4) is 0 Å². The summed E-state index contributed by atoms with van der Waals surface area (Å²) in [6, 6.07) is 1.56. The highest BCUT2D eigenvalue weighted by Gasteiger charge is 2.37. The maximum absolute atomic E-state index is 3.63. The first-order valence-electron chi connectivity index (χ1n) is 6.78. The van der Waals surface area contributed by atoms with E-state index < -0.39 is 0 Å². The molecule has 15 heavy (non-hydrogen) atoms. The molecule has 0 bridgehead atoms. The monoisotopic (exact) mass is 210 g/mol. The van der Waals surface area contributed by atoms with Crippen LogP contribution in [0.2, 0.25) is 0 Å². The lowest BCUT2D eigenvalue weighted by molar-refractivity contribution is 0.117. The van der Waals surface area contributed by atoms with Gasteiger partial charge in [0.2, 0.25) is 0 Å². The average molecular weight is 210 g/mol. The van der Waals surface area contributed by atoms with Gasteiger partial charge in [-0.25, -0.2) is 0 Å². The Hall–Kier alpha value is -0.0800. The highest BCUT2D eigenvalue weighted by molar-refractivity contribution is 4.94. The predicted molar refractivity (Wildman–Crippen MR) is 65.1 cm³/mol. The largest absolute Gasteiger partial charge is 0.311 e. The molecule has 2 nitrogen and oxygen atoms in total. The Kier molecular flexibility index (Phi) is 4.04. The third kappa shape index (κ3) is 3.18. The minimum Gasteiger partial charge on any atom is -0.311 e. The molecule has 1 N–H and O–H groups in total. The van der Waals surface area contributed by atoms with Crippen molar-refractivity contribution < 1.29 is 0 Å². The summed E-state index contributed by atoms with van der Waals surface area (Å²) in [5.74, 6) is 1.02. The van der Waals surface area contributed by atoms with Crippen molar-refractivity contribution in [3.05, 3.63) is 0 Å². The minimum atomic E-state index is 0.696. The van der Waals surface area contributed by atoms with Crippen LogP contribution in [0, 0.1) is 5.92 Å². The summed E-state index contributed by atoms with van der Waals surface area (Å²) in [5, 5.41) is 3.63. The fraction of sp³-hybridized carbons (Fsp3) is 1.00. The van der Waals surface area contributed by atoms with Gasteiger partial charge in [0.05, 0.1) is 0 Å². The molecule has 0 aromatic rings. The van der Waals surface area contributed by atoms with Gasteiger partial charge in [-0.1, -0.05) is 19.8 Å². The van der Waals surface area contributed by atoms with E-state index in [4.69, 9.17) is 0 Å². The lowest BCUT2D eigenvalue weighted by Crippen LogP contribution is -2.56. The normalized spacial score (nSPS) is 33.2. The van der Waals surface area contributed by atoms with Gasteiger partial charge in [-0.15, -0.1) is 0 Å². The summed E-state index contributed by atoms with van der Waals surface area (Å²) in [4.78, 5) is 2.76. The second-order valence-electron chi connectivity index (χ2n) is 5.42. The fourth-order valence-electron chi connectivity index (χ4n) is 2.77. The van der Waals surface area contributed by atoms with Crippen molar-refractivity contribution in [3.63, 3.8) is 0 Å². The summed E-state index contributed by atoms with van der Waals surface area (Å²) >= 11 is 0. The molecule has 1 saturated heterocycles. The SMILES string of the molecule is CCCCCN1CC(C)NCC1C1CC1. The molecule has 0 amide bonds. The van der Waals surface area contributed by atoms with Gasteiger partial charge in [-0.2, -0.15) is 0 Å². The van der Waals surface area contributed by atoms with E-state index >= 15 is 0 Å². The van der Waals surface area contributed by atoms with Crippen LogP contribution < -0.4 is 5.32 Å². The Bertz CT molecular complexity index is 189. The molecule has 1 heterocycles. The number of rotatable bonds is 5. The van der Waals surface area contributed by atoms with Crippen LogP contribution in [0.1, 0.15) is 46.0 Å². The molecular formula is C13H26N2. The first-order chi connectivity index (χ1) is 7.31. The summed E-state index contributed by atoms with van der Waals surface area (Å²) in [5.41, 5.74) is 0. The number of piperazine rings is 1. The first-order valence-corrected chi connectivity index (χ1v) is 6.78. The molecule has 0 spiro atoms. The Morgan fingerprint density at radius 3 is 2.73 bits per heavy atom. The van der Waals surface area contributed by atoms with Crippen LogP contribution >= 0.6 is 0 Å². The van der Waals surface area contributed by atoms with Gasteiger partial charge >= 0.3 is 0 Å². The Balaban J connectivity index is 1.79. The molecular weight excluding hydrogens is 184 g/mol. The quantitative estimate of drug-likeness (QED) is 0.700. The van der Waals surface area contributed by atoms with E-state index in [1.807, 2.05) is 0 Å². The highest BCUT2D eigenvalue weighted by atomic mass is 15.2. The second kappa shape index (κ2) is 5.31. The summed E-state index contributed by atoms with van der Waals surface area (Å²) in [6.45, 7) is 8.44. The van der Waals surface area contributed by atoms with Gasteiger partial charge in [0.1, 0.15) is 0 Å². The smallest absolute Gasteiger partial charge is 0.0249 e. The zero-order chi connectivity index (χ0) is 10.7. The molecule has 1 aliphatic heterocycles. The lowest BCUT2D eigenvalue weighted by Gasteiger charge is -2.39. The Labute approximate surface area is 94.4 Å². The molecule has 1 saturated carbocycles. The summed E-state index contributed by atoms with van der Waals surface area (Å²) in [7, 11) is 0. The van der Waals surface area contributed by atoms with E-state index in [9.17, 15) is 0 Å². The molecule has 2 heteroatoms. The minimum absolute atomic E-state index is 0.696. The molecule has 0 aromatic carbocycles. The summed E-state index contributed by atoms with van der Waals surface area (Å²) < 4.78 is 0. The van der Waals surface area contributed by atoms with Gasteiger partial charge in [-0.05, 0) is 38.6 Å². The molecule has 88 valence electrons. The third-order valence-electron chi connectivity index (χ3n) is 3.87. The Morgan fingerprint density at radius 2 is 2.07 bits per heavy atom. The molecule has 2 fully saturated rings. The standard InChI is InChI=1S/C13H26N2/c1-3-4-5-8-15-10-11(2)14-9-13(15)12-6-7-12/h11-14H,3-10H2,1-2H3. The van der Waals surface area contributed by atoms with Crippen molar-refractivity contribution in [2.75, 3.05) is 19.6 Å². The van der Waals surface area contributed by atoms with Crippen LogP contribution in [-0.2, 0) is 0 Å². The highest BCUT2D eigenvalue weighted by Crippen LogP contribution is 2.36. The second-order valence-corrected chi connectivity index (χ2v) is 5.42. The van der Waals surface area contributed by atoms with Crippen molar-refractivity contribution >= 4 is 0 Å². The van der Waals surface area contributed by atoms with E-state index in [2.05, 4.69) is 24.1 Å². The van der Waals surface area contributed by atoms with Crippen molar-refractivity contribution in [1.29, 1.82) is 0 Å². The van der Waals surface area contributed by atoms with Crippen LogP contribution in [0.25, 0.3) is 0 Å². The maximum atomic E-state index is 3.63. The van der Waals surface area contributed by atoms with Crippen LogP contribution in [0.3, 0.4) is 0 Å². The van der Waals surface area contributed by atoms with Gasteiger partial charge in [0, 0.05) is 25.2 Å². The number of nitrogens with one attached hydrogen (secondary N) is 1. The number of hydrogen-bond donors (Lipinski definition) is 1. The Morgan fingerprint density at radius 1 is 1.27 bits per heavy atom. The fourth-order valence-corrected chi connectivity index (χ4v) is 2.77. The number of nitrogens with zero attached hydrogens (tertiary/aromatic N) is 1. The number of unbranched alkanes of at least 4 members (excludes halogenated alkanes) is 2. The van der Waals surface area contributed by atoms with Crippen LogP contribution in [0.4, 0.5) is 0 Å². The van der Waals surface area contributed by atoms with Crippen molar-refractivity contribution in [1.82, 2.24) is 10.2 Å². The molecule has 0 radical (unpaired) electrons. The third-order valence-corrected chi connectivity index (χ3v) is 3.87. The van der Waals surface area contributed by atoms with Crippen LogP contribution in [-0.4, -0.2) is 36.6 Å². The van der Waals surface area contributed by atoms with Crippen LogP contribution in [0.15, 0.2) is 0 Å². The first kappa shape index (κ1) is 11.4. The van der Waals surface area contributed by atoms with E-state index in [1.165, 1.54) is 51.7 Å². The van der Waals surface area contributed by atoms with E-state index in [-0.39, 0.29) is 0 Å². The molecule has 2 rings (SSSR count). The van der Waals surface area contributed by atoms with E-state index in [0.29, 0.717) is 6.04 Å². The zero-order valence-corrected chi connectivity index (χ0v) is 10.3. The van der Waals surface area contributed by atoms with Gasteiger partial charge in [0.15, 0.2) is 0 Å². The summed E-state index contributed by atoms with van der Waals surface area (Å²) in [6.07, 6.45) is 7.09. The lowest BCUT2D eigenvalue weighted by atomic mass is 10.0. The van der Waals surface area contributed by atoms with Gasteiger partial charge < -0.3 is 5.32 Å². The molecule has 2 atom stereocenters. The molecule has 0 aromatic heterocycles. The average Bonchev–Trinajstić information content (AvgIpc) is 3.02. The van der Waals surface area contributed by atoms with Gasteiger partial charge in [0.25, 0.3) is 0 Å². The van der Waals surface area contributed by atoms with E-state index in [1.54, 1.807) is 0 Å². The zero-order valence-electron chi connectivity index (χ0n) is 10.3. The van der Waals surface area contributed by atoms with Crippen LogP contribution in [0.5, 0.6) is 0 Å². The van der Waals surface area contributed by atoms with Crippen molar-refractivity contribution in [2.45, 2.75) is 58.0 Å². The topological polar surface area (TPSA) is 15.3 Å². The molecule has 2 unspecified atom stereocenters. The molecule has 2 aliphatic rings. The molecule has 1 aliphatic carbocycles. The van der Waals surface area contributed by atoms with Crippen molar-refractivity contribution in [2.24, 2.45) is 5.92 Å². The maximum Gasteiger partial charge on any atom is 0.0249 e. The van der Waals surface area contributed by atoms with E-state index in [0.717, 1.165) is 12.0 Å².